The molecule has 2 rings (SSSR count). The molecule has 0 saturated heterocycles. The molecule has 8 nitrogen and oxygen atoms in total. The van der Waals surface area contributed by atoms with Crippen LogP contribution in [0.5, 0.6) is 29.5 Å². The fourth-order valence-electron chi connectivity index (χ4n) is 2.87. The molecule has 0 aliphatic carbocycles. The van der Waals surface area contributed by atoms with Crippen LogP contribution in [0.1, 0.15) is 72.4 Å². The maximum absolute atomic E-state index is 11.9. The van der Waals surface area contributed by atoms with Crippen LogP contribution >= 0.6 is 0 Å². The first-order valence-electron chi connectivity index (χ1n) is 10.4. The Morgan fingerprint density at radius 3 is 1.84 bits per heavy atom. The van der Waals surface area contributed by atoms with E-state index in [4.69, 9.17) is 18.9 Å². The van der Waals surface area contributed by atoms with Gasteiger partial charge in [-0.2, -0.15) is 0 Å². The first-order valence-corrected chi connectivity index (χ1v) is 10.4. The lowest BCUT2D eigenvalue weighted by Gasteiger charge is -2.31. The van der Waals surface area contributed by atoms with E-state index in [-0.39, 0.29) is 28.9 Å². The summed E-state index contributed by atoms with van der Waals surface area (Å²) in [5.41, 5.74) is 1.56. The van der Waals surface area contributed by atoms with Crippen molar-refractivity contribution in [3.05, 3.63) is 23.3 Å². The van der Waals surface area contributed by atoms with E-state index in [0.29, 0.717) is 11.5 Å². The molecule has 1 aromatic heterocycles. The van der Waals surface area contributed by atoms with Crippen molar-refractivity contribution in [2.75, 3.05) is 14.2 Å². The number of benzene rings is 1. The van der Waals surface area contributed by atoms with E-state index >= 15 is 0 Å². The Morgan fingerprint density at radius 2 is 1.39 bits per heavy atom. The molecule has 0 atom stereocenters. The van der Waals surface area contributed by atoms with E-state index in [1.165, 1.54) is 21.1 Å². The number of rotatable bonds is 9. The van der Waals surface area contributed by atoms with Gasteiger partial charge in [-0.15, -0.1) is 15.0 Å². The highest BCUT2D eigenvalue weighted by atomic mass is 16.6. The number of hydrogen-bond donors (Lipinski definition) is 0. The summed E-state index contributed by atoms with van der Waals surface area (Å²) in [5, 5.41) is 0. The zero-order valence-corrected chi connectivity index (χ0v) is 20.0. The second-order valence-electron chi connectivity index (χ2n) is 8.61. The van der Waals surface area contributed by atoms with Gasteiger partial charge in [0.25, 0.3) is 0 Å². The zero-order valence-electron chi connectivity index (χ0n) is 20.0. The van der Waals surface area contributed by atoms with E-state index in [0.717, 1.165) is 24.0 Å². The third-order valence-corrected chi connectivity index (χ3v) is 5.72. The monoisotopic (exact) mass is 431 g/mol. The summed E-state index contributed by atoms with van der Waals surface area (Å²) >= 11 is 0. The Morgan fingerprint density at radius 1 is 0.871 bits per heavy atom. The van der Waals surface area contributed by atoms with Crippen molar-refractivity contribution < 1.29 is 23.7 Å². The third kappa shape index (κ3) is 5.62. The average Bonchev–Trinajstić information content (AvgIpc) is 2.73. The zero-order chi connectivity index (χ0) is 23.4. The average molecular weight is 432 g/mol. The van der Waals surface area contributed by atoms with E-state index in [2.05, 4.69) is 62.6 Å². The van der Waals surface area contributed by atoms with Crippen molar-refractivity contribution in [1.82, 2.24) is 15.0 Å². The van der Waals surface area contributed by atoms with Crippen LogP contribution in [0.3, 0.4) is 0 Å². The van der Waals surface area contributed by atoms with Gasteiger partial charge in [0, 0.05) is 12.5 Å². The molecule has 31 heavy (non-hydrogen) atoms. The lowest BCUT2D eigenvalue weighted by molar-refractivity contribution is -0.132. The number of methoxy groups -OCH3 is 2. The Hall–Kier alpha value is -2.90. The van der Waals surface area contributed by atoms with Crippen molar-refractivity contribution >= 4 is 5.97 Å². The number of ether oxygens (including phenoxy) is 4. The molecule has 0 bridgehead atoms. The molecular formula is C23H33N3O5. The Balaban J connectivity index is 2.78. The van der Waals surface area contributed by atoms with Crippen LogP contribution in [-0.4, -0.2) is 35.1 Å². The van der Waals surface area contributed by atoms with Crippen LogP contribution in [0.2, 0.25) is 0 Å². The number of hydrogen-bond acceptors (Lipinski definition) is 8. The molecule has 0 N–H and O–H groups in total. The van der Waals surface area contributed by atoms with Crippen LogP contribution in [0.25, 0.3) is 0 Å². The molecule has 0 aliphatic heterocycles. The van der Waals surface area contributed by atoms with Crippen LogP contribution < -0.4 is 18.9 Å². The number of aromatic nitrogens is 3. The van der Waals surface area contributed by atoms with Crippen LogP contribution in [0, 0.1) is 0 Å². The van der Waals surface area contributed by atoms with Gasteiger partial charge < -0.3 is 18.9 Å². The fraction of sp³-hybridized carbons (Fsp3) is 0.565. The lowest BCUT2D eigenvalue weighted by atomic mass is 9.76. The Kier molecular flexibility index (Phi) is 7.46. The van der Waals surface area contributed by atoms with Gasteiger partial charge in [-0.05, 0) is 35.3 Å². The van der Waals surface area contributed by atoms with Crippen molar-refractivity contribution in [3.8, 4) is 29.5 Å². The maximum atomic E-state index is 11.9. The van der Waals surface area contributed by atoms with Gasteiger partial charge in [-0.3, -0.25) is 4.79 Å². The summed E-state index contributed by atoms with van der Waals surface area (Å²) < 4.78 is 21.9. The Labute approximate surface area is 184 Å². The molecular weight excluding hydrogens is 398 g/mol. The highest BCUT2D eigenvalue weighted by molar-refractivity contribution is 5.71. The van der Waals surface area contributed by atoms with Crippen molar-refractivity contribution in [2.24, 2.45) is 0 Å². The van der Waals surface area contributed by atoms with Gasteiger partial charge in [0.1, 0.15) is 0 Å². The highest BCUT2D eigenvalue weighted by Crippen LogP contribution is 2.45. The topological polar surface area (TPSA) is 92.7 Å². The summed E-state index contributed by atoms with van der Waals surface area (Å²) in [4.78, 5) is 24.2. The Bertz CT molecular complexity index is 919. The van der Waals surface area contributed by atoms with Crippen molar-refractivity contribution in [3.63, 3.8) is 0 Å². The summed E-state index contributed by atoms with van der Waals surface area (Å²) in [6.07, 6.45) is 1.75. The summed E-state index contributed by atoms with van der Waals surface area (Å²) in [6, 6.07) is 4.05. The van der Waals surface area contributed by atoms with Gasteiger partial charge in [0.15, 0.2) is 11.5 Å². The standard InChI is InChI=1S/C23H33N3O5/c1-10-22(4,5)15-12-16(23(6,7)11-2)18(17(13-15)30-14(3)27)31-21-25-19(28-8)24-20(26-21)29-9/h12-13H,10-11H2,1-9H3. The first-order chi connectivity index (χ1) is 14.5. The van der Waals surface area contributed by atoms with Gasteiger partial charge in [-0.1, -0.05) is 47.6 Å². The minimum absolute atomic E-state index is 0.0206. The molecule has 2 aromatic rings. The van der Waals surface area contributed by atoms with Gasteiger partial charge in [-0.25, -0.2) is 0 Å². The quantitative estimate of drug-likeness (QED) is 0.405. The van der Waals surface area contributed by atoms with E-state index in [1.54, 1.807) is 0 Å². The largest absolute Gasteiger partial charge is 0.467 e. The fourth-order valence-corrected chi connectivity index (χ4v) is 2.87. The van der Waals surface area contributed by atoms with E-state index in [1.807, 2.05) is 6.07 Å². The minimum atomic E-state index is -0.442. The number of carbonyl (C=O) groups is 1. The molecule has 0 aliphatic rings. The van der Waals surface area contributed by atoms with Gasteiger partial charge >= 0.3 is 24.0 Å². The number of nitrogens with zero attached hydrogens (tertiary/aromatic N) is 3. The molecule has 170 valence electrons. The lowest BCUT2D eigenvalue weighted by Crippen LogP contribution is -2.22. The summed E-state index contributed by atoms with van der Waals surface area (Å²) in [7, 11) is 2.88. The molecule has 0 amide bonds. The normalized spacial score (nSPS) is 11.8. The van der Waals surface area contributed by atoms with Gasteiger partial charge in [0.2, 0.25) is 0 Å². The molecule has 8 heteroatoms. The predicted molar refractivity (Wildman–Crippen MR) is 117 cm³/mol. The van der Waals surface area contributed by atoms with Crippen molar-refractivity contribution in [2.45, 2.75) is 72.1 Å². The second-order valence-corrected chi connectivity index (χ2v) is 8.61. The van der Waals surface area contributed by atoms with Crippen LogP contribution in [-0.2, 0) is 15.6 Å². The first kappa shape index (κ1) is 24.4. The molecule has 0 radical (unpaired) electrons. The smallest absolute Gasteiger partial charge is 0.331 e. The molecule has 1 aromatic carbocycles. The van der Waals surface area contributed by atoms with Crippen LogP contribution in [0.15, 0.2) is 12.1 Å². The van der Waals surface area contributed by atoms with Crippen molar-refractivity contribution in [1.29, 1.82) is 0 Å². The molecule has 1 heterocycles. The number of carbonyl (C=O) groups excluding carboxylic acids is 1. The van der Waals surface area contributed by atoms with Crippen LogP contribution in [0.4, 0.5) is 0 Å². The SMILES string of the molecule is CCC(C)(C)c1cc(OC(C)=O)c(Oc2nc(OC)nc(OC)n2)c(C(C)(C)CC)c1. The maximum Gasteiger partial charge on any atom is 0.331 e. The molecule has 0 spiro atoms. The molecule has 0 fully saturated rings. The van der Waals surface area contributed by atoms with E-state index < -0.39 is 5.97 Å². The molecule has 0 saturated carbocycles. The summed E-state index contributed by atoms with van der Waals surface area (Å²) in [6.45, 7) is 14.1. The third-order valence-electron chi connectivity index (χ3n) is 5.72. The second kappa shape index (κ2) is 9.49. The minimum Gasteiger partial charge on any atom is -0.467 e. The highest BCUT2D eigenvalue weighted by Gasteiger charge is 2.31. The number of esters is 1. The predicted octanol–water partition coefficient (Wildman–Crippen LogP) is 4.98. The van der Waals surface area contributed by atoms with Gasteiger partial charge in [0.05, 0.1) is 14.2 Å². The summed E-state index contributed by atoms with van der Waals surface area (Å²) in [5.74, 6) is 0.261. The van der Waals surface area contributed by atoms with E-state index in [9.17, 15) is 4.79 Å². The molecule has 0 unspecified atom stereocenters.